The number of hydrogen-bond donors (Lipinski definition) is 1. The van der Waals surface area contributed by atoms with Gasteiger partial charge in [-0.2, -0.15) is 5.10 Å². The maximum Gasteiger partial charge on any atom is 0.119 e. The van der Waals surface area contributed by atoms with Gasteiger partial charge in [0.15, 0.2) is 0 Å². The molecule has 0 radical (unpaired) electrons. The zero-order valence-electron chi connectivity index (χ0n) is 13.5. The van der Waals surface area contributed by atoms with Crippen LogP contribution in [0.15, 0.2) is 54.6 Å². The molecule has 0 atom stereocenters. The van der Waals surface area contributed by atoms with Gasteiger partial charge in [0.1, 0.15) is 5.75 Å². The molecule has 1 heterocycles. The van der Waals surface area contributed by atoms with Crippen molar-refractivity contribution < 1.29 is 4.74 Å². The number of ether oxygens (including phenoxy) is 1. The van der Waals surface area contributed by atoms with Gasteiger partial charge in [0, 0.05) is 12.0 Å². The summed E-state index contributed by atoms with van der Waals surface area (Å²) in [7, 11) is 1.68. The van der Waals surface area contributed by atoms with Gasteiger partial charge in [-0.15, -0.1) is 0 Å². The molecule has 0 bridgehead atoms. The molecule has 0 unspecified atom stereocenters. The summed E-state index contributed by atoms with van der Waals surface area (Å²) < 4.78 is 7.35. The number of hydrogen-bond acceptors (Lipinski definition) is 3. The molecular weight excluding hydrogens is 286 g/mol. The summed E-state index contributed by atoms with van der Waals surface area (Å²) in [6, 6.07) is 18.4. The molecule has 0 aliphatic rings. The van der Waals surface area contributed by atoms with E-state index in [1.807, 2.05) is 35.0 Å². The lowest BCUT2D eigenvalue weighted by Crippen LogP contribution is -2.05. The molecule has 0 amide bonds. The molecule has 2 N–H and O–H groups in total. The van der Waals surface area contributed by atoms with Crippen molar-refractivity contribution in [2.24, 2.45) is 5.73 Å². The van der Waals surface area contributed by atoms with Gasteiger partial charge in [-0.25, -0.2) is 4.68 Å². The Hall–Kier alpha value is -2.59. The number of rotatable bonds is 5. The second-order valence-electron chi connectivity index (χ2n) is 5.49. The molecule has 4 heteroatoms. The second-order valence-corrected chi connectivity index (χ2v) is 5.49. The van der Waals surface area contributed by atoms with E-state index in [0.717, 1.165) is 34.8 Å². The molecule has 0 spiro atoms. The fourth-order valence-corrected chi connectivity index (χ4v) is 2.67. The molecule has 3 aromatic rings. The van der Waals surface area contributed by atoms with Crippen LogP contribution in [-0.2, 0) is 6.42 Å². The largest absolute Gasteiger partial charge is 0.497 e. The minimum absolute atomic E-state index is 0.586. The molecule has 0 aliphatic heterocycles. The minimum Gasteiger partial charge on any atom is -0.497 e. The summed E-state index contributed by atoms with van der Waals surface area (Å²) >= 11 is 0. The van der Waals surface area contributed by atoms with Crippen molar-refractivity contribution in [3.8, 4) is 22.7 Å². The lowest BCUT2D eigenvalue weighted by Gasteiger charge is -2.11. The Morgan fingerprint density at radius 1 is 1.09 bits per heavy atom. The molecule has 2 aromatic carbocycles. The van der Waals surface area contributed by atoms with Gasteiger partial charge in [-0.3, -0.25) is 0 Å². The summed E-state index contributed by atoms with van der Waals surface area (Å²) in [5.74, 6) is 0.834. The van der Waals surface area contributed by atoms with E-state index in [9.17, 15) is 0 Å². The third kappa shape index (κ3) is 3.12. The normalized spacial score (nSPS) is 10.7. The van der Waals surface area contributed by atoms with Crippen LogP contribution in [0.4, 0.5) is 0 Å². The van der Waals surface area contributed by atoms with Crippen LogP contribution in [0.2, 0.25) is 0 Å². The van der Waals surface area contributed by atoms with Gasteiger partial charge in [-0.1, -0.05) is 30.3 Å². The van der Waals surface area contributed by atoms with Crippen LogP contribution >= 0.6 is 0 Å². The minimum atomic E-state index is 0.586. The zero-order chi connectivity index (χ0) is 16.2. The van der Waals surface area contributed by atoms with E-state index in [0.29, 0.717) is 6.54 Å². The SMILES string of the molecule is COc1cccc(-c2cc(CCN)nn2-c2ccccc2C)c1. The van der Waals surface area contributed by atoms with Crippen LogP contribution < -0.4 is 10.5 Å². The van der Waals surface area contributed by atoms with Crippen LogP contribution in [0.5, 0.6) is 5.75 Å². The van der Waals surface area contributed by atoms with Crippen molar-refractivity contribution in [2.45, 2.75) is 13.3 Å². The lowest BCUT2D eigenvalue weighted by atomic mass is 10.1. The molecule has 3 rings (SSSR count). The summed E-state index contributed by atoms with van der Waals surface area (Å²) in [5.41, 5.74) is 11.1. The highest BCUT2D eigenvalue weighted by molar-refractivity contribution is 5.65. The molecular formula is C19H21N3O. The average molecular weight is 307 g/mol. The Balaban J connectivity index is 2.17. The van der Waals surface area contributed by atoms with Crippen LogP contribution in [0.25, 0.3) is 16.9 Å². The van der Waals surface area contributed by atoms with Crippen molar-refractivity contribution in [3.05, 3.63) is 65.9 Å². The lowest BCUT2D eigenvalue weighted by molar-refractivity contribution is 0.415. The van der Waals surface area contributed by atoms with Crippen molar-refractivity contribution in [3.63, 3.8) is 0 Å². The third-order valence-corrected chi connectivity index (χ3v) is 3.87. The Bertz CT molecular complexity index is 808. The van der Waals surface area contributed by atoms with Crippen LogP contribution in [-0.4, -0.2) is 23.4 Å². The van der Waals surface area contributed by atoms with Gasteiger partial charge in [0.05, 0.1) is 24.2 Å². The van der Waals surface area contributed by atoms with E-state index < -0.39 is 0 Å². The molecule has 1 aromatic heterocycles. The number of aryl methyl sites for hydroxylation is 1. The predicted molar refractivity (Wildman–Crippen MR) is 93.0 cm³/mol. The monoisotopic (exact) mass is 307 g/mol. The molecule has 4 nitrogen and oxygen atoms in total. The third-order valence-electron chi connectivity index (χ3n) is 3.87. The van der Waals surface area contributed by atoms with E-state index in [4.69, 9.17) is 15.6 Å². The van der Waals surface area contributed by atoms with Gasteiger partial charge >= 0.3 is 0 Å². The Morgan fingerprint density at radius 3 is 2.65 bits per heavy atom. The first kappa shape index (κ1) is 15.3. The highest BCUT2D eigenvalue weighted by Gasteiger charge is 2.13. The fourth-order valence-electron chi connectivity index (χ4n) is 2.67. The standard InChI is InChI=1S/C19H21N3O/c1-14-6-3-4-9-18(14)22-19(13-16(21-22)10-11-20)15-7-5-8-17(12-15)23-2/h3-9,12-13H,10-11,20H2,1-2H3. The number of methoxy groups -OCH3 is 1. The number of nitrogens with zero attached hydrogens (tertiary/aromatic N) is 2. The van der Waals surface area contributed by atoms with Crippen molar-refractivity contribution in [1.82, 2.24) is 9.78 Å². The van der Waals surface area contributed by atoms with Gasteiger partial charge in [-0.05, 0) is 43.3 Å². The zero-order valence-corrected chi connectivity index (χ0v) is 13.5. The number of aromatic nitrogens is 2. The molecule has 23 heavy (non-hydrogen) atoms. The second kappa shape index (κ2) is 6.67. The fraction of sp³-hybridized carbons (Fsp3) is 0.211. The van der Waals surface area contributed by atoms with Gasteiger partial charge < -0.3 is 10.5 Å². The Kier molecular flexibility index (Phi) is 4.44. The maximum atomic E-state index is 5.70. The topological polar surface area (TPSA) is 53.1 Å². The summed E-state index contributed by atoms with van der Waals surface area (Å²) in [6.45, 7) is 2.68. The van der Waals surface area contributed by atoms with Crippen molar-refractivity contribution in [1.29, 1.82) is 0 Å². The first-order chi connectivity index (χ1) is 11.2. The molecule has 0 saturated heterocycles. The predicted octanol–water partition coefficient (Wildman–Crippen LogP) is 3.36. The average Bonchev–Trinajstić information content (AvgIpc) is 2.99. The summed E-state index contributed by atoms with van der Waals surface area (Å²) in [5, 5.41) is 4.76. The Morgan fingerprint density at radius 2 is 1.91 bits per heavy atom. The van der Waals surface area contributed by atoms with Crippen LogP contribution in [0, 0.1) is 6.92 Å². The highest BCUT2D eigenvalue weighted by atomic mass is 16.5. The summed E-state index contributed by atoms with van der Waals surface area (Å²) in [4.78, 5) is 0. The molecule has 0 aliphatic carbocycles. The van der Waals surface area contributed by atoms with Crippen LogP contribution in [0.1, 0.15) is 11.3 Å². The summed E-state index contributed by atoms with van der Waals surface area (Å²) in [6.07, 6.45) is 0.760. The smallest absolute Gasteiger partial charge is 0.119 e. The van der Waals surface area contributed by atoms with Crippen molar-refractivity contribution in [2.75, 3.05) is 13.7 Å². The van der Waals surface area contributed by atoms with E-state index in [-0.39, 0.29) is 0 Å². The van der Waals surface area contributed by atoms with E-state index in [1.54, 1.807) is 7.11 Å². The van der Waals surface area contributed by atoms with Crippen LogP contribution in [0.3, 0.4) is 0 Å². The maximum absolute atomic E-state index is 5.70. The van der Waals surface area contributed by atoms with Gasteiger partial charge in [0.2, 0.25) is 0 Å². The molecule has 0 saturated carbocycles. The number of para-hydroxylation sites is 1. The highest BCUT2D eigenvalue weighted by Crippen LogP contribution is 2.28. The van der Waals surface area contributed by atoms with E-state index in [2.05, 4.69) is 31.2 Å². The van der Waals surface area contributed by atoms with E-state index >= 15 is 0 Å². The molecule has 0 fully saturated rings. The molecule has 118 valence electrons. The quantitative estimate of drug-likeness (QED) is 0.786. The van der Waals surface area contributed by atoms with E-state index in [1.165, 1.54) is 5.56 Å². The number of nitrogens with two attached hydrogens (primary N) is 1. The van der Waals surface area contributed by atoms with Crippen molar-refractivity contribution >= 4 is 0 Å². The first-order valence-electron chi connectivity index (χ1n) is 7.72. The van der Waals surface area contributed by atoms with Gasteiger partial charge in [0.25, 0.3) is 0 Å². The Labute approximate surface area is 136 Å². The first-order valence-corrected chi connectivity index (χ1v) is 7.72. The number of benzene rings is 2.